The average molecular weight is 381 g/mol. The number of aliphatic hydroxyl groups is 1. The molecular weight excluding hydrogens is 359 g/mol. The van der Waals surface area contributed by atoms with E-state index in [9.17, 15) is 14.3 Å². The molecule has 0 aromatic heterocycles. The fourth-order valence-electron chi connectivity index (χ4n) is 2.78. The molecule has 2 unspecified atom stereocenters. The molecule has 0 radical (unpaired) electrons. The Labute approximate surface area is 158 Å². The van der Waals surface area contributed by atoms with Crippen LogP contribution in [-0.2, 0) is 6.61 Å². The molecule has 140 valence electrons. The lowest BCUT2D eigenvalue weighted by Gasteiger charge is -2.14. The molecule has 2 atom stereocenters. The highest BCUT2D eigenvalue weighted by Crippen LogP contribution is 2.15. The second-order valence-corrected chi connectivity index (χ2v) is 6.14. The molecule has 0 bridgehead atoms. The van der Waals surface area contributed by atoms with Crippen molar-refractivity contribution in [1.29, 1.82) is 0 Å². The number of nitrogens with one attached hydrogen (secondary N) is 2. The lowest BCUT2D eigenvalue weighted by Crippen LogP contribution is -2.34. The summed E-state index contributed by atoms with van der Waals surface area (Å²) >= 11 is 0. The Hall–Kier alpha value is -2.15. The Balaban J connectivity index is 0.00000243. The van der Waals surface area contributed by atoms with E-state index in [-0.39, 0.29) is 36.7 Å². The number of amides is 1. The third kappa shape index (κ3) is 5.42. The first-order valence-electron chi connectivity index (χ1n) is 8.26. The summed E-state index contributed by atoms with van der Waals surface area (Å²) in [5.41, 5.74) is 1.35. The molecule has 1 saturated heterocycles. The second kappa shape index (κ2) is 9.52. The molecule has 1 aliphatic rings. The summed E-state index contributed by atoms with van der Waals surface area (Å²) in [7, 11) is 0. The van der Waals surface area contributed by atoms with E-state index in [0.717, 1.165) is 5.56 Å². The molecule has 1 amide bonds. The molecule has 3 rings (SSSR count). The molecule has 7 heteroatoms. The van der Waals surface area contributed by atoms with Crippen molar-refractivity contribution in [3.63, 3.8) is 0 Å². The summed E-state index contributed by atoms with van der Waals surface area (Å²) in [6.45, 7) is 1.93. The zero-order valence-electron chi connectivity index (χ0n) is 14.2. The van der Waals surface area contributed by atoms with E-state index in [1.807, 2.05) is 6.07 Å². The van der Waals surface area contributed by atoms with Crippen molar-refractivity contribution < 1.29 is 19.0 Å². The van der Waals surface area contributed by atoms with Crippen LogP contribution in [-0.4, -0.2) is 36.8 Å². The van der Waals surface area contributed by atoms with Gasteiger partial charge in [0.05, 0.1) is 6.10 Å². The maximum Gasteiger partial charge on any atom is 0.251 e. The first-order chi connectivity index (χ1) is 12.1. The molecule has 1 fully saturated rings. The van der Waals surface area contributed by atoms with Crippen molar-refractivity contribution in [3.8, 4) is 5.75 Å². The lowest BCUT2D eigenvalue weighted by atomic mass is 10.1. The minimum Gasteiger partial charge on any atom is -0.489 e. The van der Waals surface area contributed by atoms with Crippen LogP contribution >= 0.6 is 12.4 Å². The molecule has 26 heavy (non-hydrogen) atoms. The Morgan fingerprint density at radius 3 is 2.77 bits per heavy atom. The molecule has 5 nitrogen and oxygen atoms in total. The fraction of sp³-hybridized carbons (Fsp3) is 0.316. The minimum absolute atomic E-state index is 0. The number of hydrogen-bond acceptors (Lipinski definition) is 4. The summed E-state index contributed by atoms with van der Waals surface area (Å²) in [6, 6.07) is 13.0. The molecule has 3 N–H and O–H groups in total. The largest absolute Gasteiger partial charge is 0.489 e. The van der Waals surface area contributed by atoms with Gasteiger partial charge in [-0.1, -0.05) is 18.2 Å². The number of carbonyl (C=O) groups excluding carboxylic acids is 1. The van der Waals surface area contributed by atoms with Gasteiger partial charge < -0.3 is 20.5 Å². The van der Waals surface area contributed by atoms with Gasteiger partial charge in [0, 0.05) is 37.2 Å². The van der Waals surface area contributed by atoms with Crippen molar-refractivity contribution in [2.75, 3.05) is 19.6 Å². The van der Waals surface area contributed by atoms with E-state index in [2.05, 4.69) is 10.6 Å². The maximum absolute atomic E-state index is 13.1. The normalized spacial score (nSPS) is 18.8. The van der Waals surface area contributed by atoms with Crippen molar-refractivity contribution in [2.24, 2.45) is 5.92 Å². The van der Waals surface area contributed by atoms with Crippen molar-refractivity contribution in [1.82, 2.24) is 10.6 Å². The molecule has 0 saturated carbocycles. The maximum atomic E-state index is 13.1. The highest BCUT2D eigenvalue weighted by Gasteiger charge is 2.25. The Kier molecular flexibility index (Phi) is 7.38. The van der Waals surface area contributed by atoms with Gasteiger partial charge in [-0.2, -0.15) is 0 Å². The smallest absolute Gasteiger partial charge is 0.251 e. The highest BCUT2D eigenvalue weighted by molar-refractivity contribution is 5.94. The number of aliphatic hydroxyl groups excluding tert-OH is 1. The quantitative estimate of drug-likeness (QED) is 0.718. The van der Waals surface area contributed by atoms with Gasteiger partial charge in [0.15, 0.2) is 0 Å². The molecule has 0 aliphatic carbocycles. The summed E-state index contributed by atoms with van der Waals surface area (Å²) < 4.78 is 18.7. The van der Waals surface area contributed by atoms with Crippen LogP contribution in [0.3, 0.4) is 0 Å². The van der Waals surface area contributed by atoms with Crippen molar-refractivity contribution in [3.05, 3.63) is 65.5 Å². The average Bonchev–Trinajstić information content (AvgIpc) is 3.03. The summed E-state index contributed by atoms with van der Waals surface area (Å²) in [5.74, 6) is -0.0676. The topological polar surface area (TPSA) is 70.6 Å². The lowest BCUT2D eigenvalue weighted by molar-refractivity contribution is 0.0927. The van der Waals surface area contributed by atoms with Gasteiger partial charge in [0.2, 0.25) is 0 Å². The van der Waals surface area contributed by atoms with E-state index < -0.39 is 6.10 Å². The zero-order chi connectivity index (χ0) is 17.6. The Bertz CT molecular complexity index is 744. The van der Waals surface area contributed by atoms with Crippen LogP contribution in [0, 0.1) is 11.7 Å². The van der Waals surface area contributed by atoms with E-state index in [4.69, 9.17) is 4.74 Å². The SMILES string of the molecule is Cl.O=C(NCC1CNCC1O)c1cccc(COc2cccc(F)c2)c1. The van der Waals surface area contributed by atoms with Gasteiger partial charge in [0.25, 0.3) is 5.91 Å². The first-order valence-corrected chi connectivity index (χ1v) is 8.26. The van der Waals surface area contributed by atoms with Gasteiger partial charge >= 0.3 is 0 Å². The Morgan fingerprint density at radius 2 is 2.04 bits per heavy atom. The molecular formula is C19H22ClFN2O3. The monoisotopic (exact) mass is 380 g/mol. The van der Waals surface area contributed by atoms with Crippen LogP contribution in [0.5, 0.6) is 5.75 Å². The van der Waals surface area contributed by atoms with Crippen LogP contribution in [0.4, 0.5) is 4.39 Å². The summed E-state index contributed by atoms with van der Waals surface area (Å²) in [6.07, 6.45) is -0.425. The zero-order valence-corrected chi connectivity index (χ0v) is 15.0. The number of carbonyl (C=O) groups is 1. The number of benzene rings is 2. The van der Waals surface area contributed by atoms with Crippen LogP contribution in [0.1, 0.15) is 15.9 Å². The predicted octanol–water partition coefficient (Wildman–Crippen LogP) is 2.14. The number of halogens is 2. The van der Waals surface area contributed by atoms with Gasteiger partial charge in [-0.15, -0.1) is 12.4 Å². The Morgan fingerprint density at radius 1 is 1.23 bits per heavy atom. The van der Waals surface area contributed by atoms with E-state index in [1.165, 1.54) is 12.1 Å². The van der Waals surface area contributed by atoms with Gasteiger partial charge in [0.1, 0.15) is 18.2 Å². The van der Waals surface area contributed by atoms with Crippen LogP contribution in [0.2, 0.25) is 0 Å². The number of ether oxygens (including phenoxy) is 1. The molecule has 0 spiro atoms. The number of hydrogen-bond donors (Lipinski definition) is 3. The molecule has 1 aliphatic heterocycles. The third-order valence-corrected chi connectivity index (χ3v) is 4.22. The fourth-order valence-corrected chi connectivity index (χ4v) is 2.78. The standard InChI is InChI=1S/C19H21FN2O3.ClH/c20-16-5-2-6-17(8-16)25-12-13-3-1-4-14(7-13)19(24)22-10-15-9-21-11-18(15)23;/h1-8,15,18,21,23H,9-12H2,(H,22,24);1H. The summed E-state index contributed by atoms with van der Waals surface area (Å²) in [4.78, 5) is 12.3. The molecule has 2 aromatic carbocycles. The summed E-state index contributed by atoms with van der Waals surface area (Å²) in [5, 5.41) is 15.7. The number of β-amino-alcohol motifs (C(OH)–C–C–N with tert-alkyl or cyclic N) is 1. The van der Waals surface area contributed by atoms with Gasteiger partial charge in [-0.3, -0.25) is 4.79 Å². The van der Waals surface area contributed by atoms with Crippen molar-refractivity contribution >= 4 is 18.3 Å². The van der Waals surface area contributed by atoms with Crippen LogP contribution in [0.15, 0.2) is 48.5 Å². The van der Waals surface area contributed by atoms with Gasteiger partial charge in [-0.25, -0.2) is 4.39 Å². The predicted molar refractivity (Wildman–Crippen MR) is 99.1 cm³/mol. The first kappa shape index (κ1) is 20.2. The molecule has 2 aromatic rings. The van der Waals surface area contributed by atoms with Gasteiger partial charge in [-0.05, 0) is 29.8 Å². The minimum atomic E-state index is -0.425. The van der Waals surface area contributed by atoms with E-state index in [1.54, 1.807) is 30.3 Å². The highest BCUT2D eigenvalue weighted by atomic mass is 35.5. The van der Waals surface area contributed by atoms with Crippen molar-refractivity contribution in [2.45, 2.75) is 12.7 Å². The van der Waals surface area contributed by atoms with E-state index in [0.29, 0.717) is 30.9 Å². The van der Waals surface area contributed by atoms with E-state index >= 15 is 0 Å². The second-order valence-electron chi connectivity index (χ2n) is 6.14. The van der Waals surface area contributed by atoms with Crippen LogP contribution < -0.4 is 15.4 Å². The molecule has 1 heterocycles. The third-order valence-electron chi connectivity index (χ3n) is 4.22. The van der Waals surface area contributed by atoms with Crippen LogP contribution in [0.25, 0.3) is 0 Å². The number of rotatable bonds is 6.